The molecule has 0 radical (unpaired) electrons. The van der Waals surface area contributed by atoms with Crippen LogP contribution in [-0.2, 0) is 11.3 Å². The van der Waals surface area contributed by atoms with Crippen LogP contribution in [0.4, 0.5) is 0 Å². The molecule has 2 aromatic rings. The summed E-state index contributed by atoms with van der Waals surface area (Å²) in [5.41, 5.74) is 1.44. The van der Waals surface area contributed by atoms with Gasteiger partial charge in [-0.05, 0) is 43.7 Å². The highest BCUT2D eigenvalue weighted by Crippen LogP contribution is 2.12. The summed E-state index contributed by atoms with van der Waals surface area (Å²) in [6, 6.07) is 10.5. The minimum atomic E-state index is -0.662. The van der Waals surface area contributed by atoms with E-state index in [9.17, 15) is 14.7 Å². The smallest absolute Gasteiger partial charge is 0.269 e. The zero-order chi connectivity index (χ0) is 21.2. The summed E-state index contributed by atoms with van der Waals surface area (Å²) in [5, 5.41) is 14.6. The van der Waals surface area contributed by atoms with E-state index >= 15 is 0 Å². The average molecular weight is 401 g/mol. The molecule has 2 unspecified atom stereocenters. The van der Waals surface area contributed by atoms with Crippen molar-refractivity contribution < 1.29 is 24.2 Å². The molecule has 2 atom stereocenters. The fourth-order valence-corrected chi connectivity index (χ4v) is 2.38. The van der Waals surface area contributed by atoms with Crippen LogP contribution in [0.5, 0.6) is 5.75 Å². The summed E-state index contributed by atoms with van der Waals surface area (Å²) in [6.45, 7) is 4.28. The fourth-order valence-electron chi connectivity index (χ4n) is 2.38. The van der Waals surface area contributed by atoms with Crippen LogP contribution in [0, 0.1) is 0 Å². The molecule has 1 heterocycles. The molecule has 0 saturated heterocycles. The number of nitrogens with zero attached hydrogens (tertiary/aromatic N) is 1. The van der Waals surface area contributed by atoms with E-state index in [-0.39, 0.29) is 24.2 Å². The molecule has 2 amide bonds. The lowest BCUT2D eigenvalue weighted by Crippen LogP contribution is -2.33. The number of ether oxygens (including phenoxy) is 2. The van der Waals surface area contributed by atoms with Gasteiger partial charge >= 0.3 is 0 Å². The number of aromatic nitrogens is 1. The van der Waals surface area contributed by atoms with Gasteiger partial charge in [-0.15, -0.1) is 0 Å². The highest BCUT2D eigenvalue weighted by atomic mass is 16.5. The first-order chi connectivity index (χ1) is 13.9. The normalized spacial score (nSPS) is 12.7. The van der Waals surface area contributed by atoms with Gasteiger partial charge in [0.25, 0.3) is 11.8 Å². The van der Waals surface area contributed by atoms with Gasteiger partial charge in [0.05, 0.1) is 25.9 Å². The molecule has 0 fully saturated rings. The highest BCUT2D eigenvalue weighted by Gasteiger charge is 2.13. The van der Waals surface area contributed by atoms with Crippen LogP contribution in [0.3, 0.4) is 0 Å². The Balaban J connectivity index is 1.81. The van der Waals surface area contributed by atoms with Crippen LogP contribution < -0.4 is 15.4 Å². The summed E-state index contributed by atoms with van der Waals surface area (Å²) < 4.78 is 10.9. The van der Waals surface area contributed by atoms with Gasteiger partial charge in [-0.25, -0.2) is 0 Å². The molecule has 0 bridgehead atoms. The number of rotatable bonds is 10. The van der Waals surface area contributed by atoms with Crippen LogP contribution >= 0.6 is 0 Å². The van der Waals surface area contributed by atoms with E-state index in [1.165, 1.54) is 18.3 Å². The number of pyridine rings is 1. The number of aliphatic hydroxyl groups is 1. The van der Waals surface area contributed by atoms with Crippen LogP contribution in [0.15, 0.2) is 42.6 Å². The lowest BCUT2D eigenvalue weighted by atomic mass is 10.2. The maximum atomic E-state index is 12.4. The van der Waals surface area contributed by atoms with Gasteiger partial charge in [-0.3, -0.25) is 14.6 Å². The largest absolute Gasteiger partial charge is 0.497 e. The Morgan fingerprint density at radius 3 is 2.41 bits per heavy atom. The lowest BCUT2D eigenvalue weighted by Gasteiger charge is -2.14. The summed E-state index contributed by atoms with van der Waals surface area (Å²) in [4.78, 5) is 28.3. The first-order valence-corrected chi connectivity index (χ1v) is 9.34. The summed E-state index contributed by atoms with van der Waals surface area (Å²) >= 11 is 0. The van der Waals surface area contributed by atoms with Gasteiger partial charge in [0, 0.05) is 24.8 Å². The summed E-state index contributed by atoms with van der Waals surface area (Å²) in [5.74, 6) is 0.0129. The topological polar surface area (TPSA) is 110 Å². The molecule has 29 heavy (non-hydrogen) atoms. The fraction of sp³-hybridized carbons (Fsp3) is 0.381. The standard InChI is InChI=1S/C21H27N3O5/c1-14(25)11-23-21(27)19-10-17(8-9-22-19)20(26)24-12-15(2)29-13-16-4-6-18(28-3)7-5-16/h4-10,14-15,25H,11-13H2,1-3H3,(H,23,27)(H,24,26). The van der Waals surface area contributed by atoms with Crippen molar-refractivity contribution in [2.24, 2.45) is 0 Å². The van der Waals surface area contributed by atoms with Gasteiger partial charge in [-0.2, -0.15) is 0 Å². The molecule has 3 N–H and O–H groups in total. The Labute approximate surface area is 170 Å². The van der Waals surface area contributed by atoms with E-state index in [4.69, 9.17) is 9.47 Å². The number of benzene rings is 1. The Hall–Kier alpha value is -2.97. The van der Waals surface area contributed by atoms with Crippen molar-refractivity contribution in [2.75, 3.05) is 20.2 Å². The van der Waals surface area contributed by atoms with Crippen molar-refractivity contribution in [3.63, 3.8) is 0 Å². The number of nitrogens with one attached hydrogen (secondary N) is 2. The van der Waals surface area contributed by atoms with Crippen molar-refractivity contribution in [3.8, 4) is 5.75 Å². The molecule has 0 spiro atoms. The SMILES string of the molecule is COc1ccc(COC(C)CNC(=O)c2ccnc(C(=O)NCC(C)O)c2)cc1. The van der Waals surface area contributed by atoms with Gasteiger partial charge in [0.15, 0.2) is 0 Å². The van der Waals surface area contributed by atoms with E-state index in [1.54, 1.807) is 14.0 Å². The molecule has 0 aliphatic heterocycles. The molecular formula is C21H27N3O5. The van der Waals surface area contributed by atoms with Crippen molar-refractivity contribution in [3.05, 3.63) is 59.4 Å². The quantitative estimate of drug-likeness (QED) is 0.557. The van der Waals surface area contributed by atoms with Crippen molar-refractivity contribution >= 4 is 11.8 Å². The molecule has 0 aliphatic rings. The number of carbonyl (C=O) groups is 2. The maximum Gasteiger partial charge on any atom is 0.269 e. The summed E-state index contributed by atoms with van der Waals surface area (Å²) in [6.07, 6.45) is 0.539. The highest BCUT2D eigenvalue weighted by molar-refractivity contribution is 5.98. The number of carbonyl (C=O) groups excluding carboxylic acids is 2. The predicted molar refractivity (Wildman–Crippen MR) is 108 cm³/mol. The molecule has 2 rings (SSSR count). The minimum Gasteiger partial charge on any atom is -0.497 e. The van der Waals surface area contributed by atoms with Gasteiger partial charge in [0.1, 0.15) is 11.4 Å². The summed E-state index contributed by atoms with van der Waals surface area (Å²) in [7, 11) is 1.62. The molecule has 8 nitrogen and oxygen atoms in total. The van der Waals surface area contributed by atoms with Gasteiger partial charge in [0.2, 0.25) is 0 Å². The first kappa shape index (κ1) is 22.3. The minimum absolute atomic E-state index is 0.111. The van der Waals surface area contributed by atoms with Crippen LogP contribution in [0.25, 0.3) is 0 Å². The second kappa shape index (κ2) is 11.1. The maximum absolute atomic E-state index is 12.4. The molecule has 8 heteroatoms. The van der Waals surface area contributed by atoms with E-state index in [1.807, 2.05) is 31.2 Å². The van der Waals surface area contributed by atoms with Gasteiger partial charge in [-0.1, -0.05) is 12.1 Å². The molecule has 1 aromatic heterocycles. The molecule has 1 aromatic carbocycles. The second-order valence-corrected chi connectivity index (χ2v) is 6.67. The van der Waals surface area contributed by atoms with E-state index in [2.05, 4.69) is 15.6 Å². The van der Waals surface area contributed by atoms with Crippen molar-refractivity contribution in [1.82, 2.24) is 15.6 Å². The Kier molecular flexibility index (Phi) is 8.57. The lowest BCUT2D eigenvalue weighted by molar-refractivity contribution is 0.0509. The molecular weight excluding hydrogens is 374 g/mol. The third-order valence-electron chi connectivity index (χ3n) is 4.06. The number of aliphatic hydroxyl groups excluding tert-OH is 1. The number of methoxy groups -OCH3 is 1. The number of hydrogen-bond acceptors (Lipinski definition) is 6. The predicted octanol–water partition coefficient (Wildman–Crippen LogP) is 1.54. The third-order valence-corrected chi connectivity index (χ3v) is 4.06. The van der Waals surface area contributed by atoms with E-state index in [0.717, 1.165) is 11.3 Å². The second-order valence-electron chi connectivity index (χ2n) is 6.67. The molecule has 0 saturated carbocycles. The van der Waals surface area contributed by atoms with Crippen molar-refractivity contribution in [1.29, 1.82) is 0 Å². The Morgan fingerprint density at radius 1 is 1.07 bits per heavy atom. The third kappa shape index (κ3) is 7.52. The van der Waals surface area contributed by atoms with Crippen LogP contribution in [0.1, 0.15) is 40.3 Å². The van der Waals surface area contributed by atoms with Crippen LogP contribution in [0.2, 0.25) is 0 Å². The van der Waals surface area contributed by atoms with E-state index < -0.39 is 12.0 Å². The number of amides is 2. The number of hydrogen-bond donors (Lipinski definition) is 3. The van der Waals surface area contributed by atoms with Gasteiger partial charge < -0.3 is 25.2 Å². The van der Waals surface area contributed by atoms with E-state index in [0.29, 0.717) is 18.7 Å². The average Bonchev–Trinajstić information content (AvgIpc) is 2.74. The zero-order valence-electron chi connectivity index (χ0n) is 16.8. The monoisotopic (exact) mass is 401 g/mol. The van der Waals surface area contributed by atoms with Crippen molar-refractivity contribution in [2.45, 2.75) is 32.7 Å². The van der Waals surface area contributed by atoms with Crippen LogP contribution in [-0.4, -0.2) is 54.3 Å². The zero-order valence-corrected chi connectivity index (χ0v) is 16.8. The molecule has 156 valence electrons. The first-order valence-electron chi connectivity index (χ1n) is 9.34. The molecule has 0 aliphatic carbocycles. The Morgan fingerprint density at radius 2 is 1.76 bits per heavy atom. The Bertz CT molecular complexity index is 808.